The van der Waals surface area contributed by atoms with Crippen LogP contribution in [0.3, 0.4) is 0 Å². The molecule has 0 spiro atoms. The molecular formula is C18H21N3. The van der Waals surface area contributed by atoms with Crippen molar-refractivity contribution in [1.82, 2.24) is 9.97 Å². The van der Waals surface area contributed by atoms with Crippen LogP contribution in [0, 0.1) is 23.2 Å². The van der Waals surface area contributed by atoms with Crippen molar-refractivity contribution in [2.75, 3.05) is 0 Å². The SMILES string of the molecule is N#Cc1cccc2[nH]c(C3CCC4CCCCC4C3)nc12. The molecule has 108 valence electrons. The van der Waals surface area contributed by atoms with Crippen molar-refractivity contribution in [2.45, 2.75) is 50.9 Å². The second-order valence-corrected chi connectivity index (χ2v) is 6.75. The van der Waals surface area contributed by atoms with E-state index in [-0.39, 0.29) is 0 Å². The summed E-state index contributed by atoms with van der Waals surface area (Å²) in [6.07, 6.45) is 9.59. The number of benzene rings is 1. The highest BCUT2D eigenvalue weighted by molar-refractivity contribution is 5.81. The molecule has 3 heteroatoms. The Labute approximate surface area is 125 Å². The van der Waals surface area contributed by atoms with E-state index < -0.39 is 0 Å². The third kappa shape index (κ3) is 2.23. The van der Waals surface area contributed by atoms with Crippen molar-refractivity contribution in [3.63, 3.8) is 0 Å². The highest BCUT2D eigenvalue weighted by Gasteiger charge is 2.33. The number of nitrogens with one attached hydrogen (secondary N) is 1. The molecule has 2 fully saturated rings. The van der Waals surface area contributed by atoms with Gasteiger partial charge < -0.3 is 4.98 Å². The number of aromatic amines is 1. The van der Waals surface area contributed by atoms with Gasteiger partial charge in [-0.2, -0.15) is 5.26 Å². The van der Waals surface area contributed by atoms with Gasteiger partial charge in [0.25, 0.3) is 0 Å². The minimum absolute atomic E-state index is 0.559. The van der Waals surface area contributed by atoms with Gasteiger partial charge in [0.1, 0.15) is 17.4 Å². The van der Waals surface area contributed by atoms with Crippen molar-refractivity contribution >= 4 is 11.0 Å². The molecule has 21 heavy (non-hydrogen) atoms. The first kappa shape index (κ1) is 12.9. The van der Waals surface area contributed by atoms with Gasteiger partial charge in [-0.3, -0.25) is 0 Å². The molecule has 0 radical (unpaired) electrons. The summed E-state index contributed by atoms with van der Waals surface area (Å²) in [5, 5.41) is 9.21. The number of imidazole rings is 1. The molecule has 3 atom stereocenters. The molecule has 1 aromatic carbocycles. The molecule has 4 rings (SSSR count). The van der Waals surface area contributed by atoms with Crippen LogP contribution in [0.1, 0.15) is 62.3 Å². The summed E-state index contributed by atoms with van der Waals surface area (Å²) in [5.74, 6) is 3.54. The number of rotatable bonds is 1. The minimum atomic E-state index is 0.559. The standard InChI is InChI=1S/C18H21N3/c19-11-15-6-3-7-16-17(15)21-18(20-16)14-9-8-12-4-1-2-5-13(12)10-14/h3,6-7,12-14H,1-2,4-5,8-10H2,(H,20,21). The quantitative estimate of drug-likeness (QED) is 0.835. The fourth-order valence-electron chi connectivity index (χ4n) is 4.46. The lowest BCUT2D eigenvalue weighted by Crippen LogP contribution is -2.27. The maximum Gasteiger partial charge on any atom is 0.110 e. The van der Waals surface area contributed by atoms with Gasteiger partial charge in [-0.1, -0.05) is 31.7 Å². The summed E-state index contributed by atoms with van der Waals surface area (Å²) in [7, 11) is 0. The summed E-state index contributed by atoms with van der Waals surface area (Å²) >= 11 is 0. The van der Waals surface area contributed by atoms with Crippen molar-refractivity contribution in [3.8, 4) is 6.07 Å². The third-order valence-electron chi connectivity index (χ3n) is 5.58. The Morgan fingerprint density at radius 3 is 2.81 bits per heavy atom. The van der Waals surface area contributed by atoms with E-state index in [9.17, 15) is 5.26 Å². The smallest absolute Gasteiger partial charge is 0.110 e. The van der Waals surface area contributed by atoms with E-state index in [0.717, 1.165) is 28.7 Å². The predicted octanol–water partition coefficient (Wildman–Crippen LogP) is 4.51. The zero-order chi connectivity index (χ0) is 14.2. The predicted molar refractivity (Wildman–Crippen MR) is 82.8 cm³/mol. The van der Waals surface area contributed by atoms with Crippen LogP contribution in [0.5, 0.6) is 0 Å². The monoisotopic (exact) mass is 279 g/mol. The second-order valence-electron chi connectivity index (χ2n) is 6.75. The first-order chi connectivity index (χ1) is 10.3. The maximum atomic E-state index is 9.21. The number of para-hydroxylation sites is 1. The molecule has 3 nitrogen and oxygen atoms in total. The highest BCUT2D eigenvalue weighted by Crippen LogP contribution is 2.45. The van der Waals surface area contributed by atoms with Gasteiger partial charge in [0.05, 0.1) is 11.1 Å². The summed E-state index contributed by atoms with van der Waals surface area (Å²) in [5.41, 5.74) is 2.54. The van der Waals surface area contributed by atoms with Gasteiger partial charge >= 0.3 is 0 Å². The summed E-state index contributed by atoms with van der Waals surface area (Å²) in [6, 6.07) is 8.06. The van der Waals surface area contributed by atoms with E-state index in [4.69, 9.17) is 4.98 Å². The molecule has 0 amide bonds. The highest BCUT2D eigenvalue weighted by atomic mass is 14.9. The summed E-state index contributed by atoms with van der Waals surface area (Å²) in [6.45, 7) is 0. The van der Waals surface area contributed by atoms with Crippen LogP contribution in [-0.4, -0.2) is 9.97 Å². The fourth-order valence-corrected chi connectivity index (χ4v) is 4.46. The zero-order valence-corrected chi connectivity index (χ0v) is 12.3. The first-order valence-corrected chi connectivity index (χ1v) is 8.24. The lowest BCUT2D eigenvalue weighted by molar-refractivity contribution is 0.153. The Hall–Kier alpha value is -1.82. The number of nitrogens with zero attached hydrogens (tertiary/aromatic N) is 2. The summed E-state index contributed by atoms with van der Waals surface area (Å²) in [4.78, 5) is 8.24. The second kappa shape index (κ2) is 5.18. The van der Waals surface area contributed by atoms with Crippen molar-refractivity contribution in [2.24, 2.45) is 11.8 Å². The third-order valence-corrected chi connectivity index (χ3v) is 5.58. The van der Waals surface area contributed by atoms with Gasteiger partial charge in [0.2, 0.25) is 0 Å². The molecule has 0 saturated heterocycles. The molecule has 2 saturated carbocycles. The average Bonchev–Trinajstić information content (AvgIpc) is 2.98. The van der Waals surface area contributed by atoms with Crippen LogP contribution in [-0.2, 0) is 0 Å². The topological polar surface area (TPSA) is 52.5 Å². The first-order valence-electron chi connectivity index (χ1n) is 8.24. The molecule has 0 aliphatic heterocycles. The molecule has 2 aliphatic carbocycles. The Bertz CT molecular complexity index is 694. The van der Waals surface area contributed by atoms with Crippen LogP contribution in [0.4, 0.5) is 0 Å². The van der Waals surface area contributed by atoms with E-state index in [2.05, 4.69) is 11.1 Å². The Kier molecular flexibility index (Phi) is 3.18. The van der Waals surface area contributed by atoms with Crippen LogP contribution >= 0.6 is 0 Å². The average molecular weight is 279 g/mol. The summed E-state index contributed by atoms with van der Waals surface area (Å²) < 4.78 is 0. The van der Waals surface area contributed by atoms with Crippen molar-refractivity contribution in [3.05, 3.63) is 29.6 Å². The van der Waals surface area contributed by atoms with Crippen molar-refractivity contribution in [1.29, 1.82) is 5.26 Å². The van der Waals surface area contributed by atoms with E-state index >= 15 is 0 Å². The molecular weight excluding hydrogens is 258 g/mol. The van der Waals surface area contributed by atoms with Gasteiger partial charge in [-0.05, 0) is 43.2 Å². The Balaban J connectivity index is 1.63. The minimum Gasteiger partial charge on any atom is -0.342 e. The largest absolute Gasteiger partial charge is 0.342 e. The van der Waals surface area contributed by atoms with E-state index in [1.807, 2.05) is 18.2 Å². The number of aromatic nitrogens is 2. The zero-order valence-electron chi connectivity index (χ0n) is 12.3. The van der Waals surface area contributed by atoms with E-state index in [1.54, 1.807) is 0 Å². The van der Waals surface area contributed by atoms with Gasteiger partial charge in [-0.25, -0.2) is 4.98 Å². The number of hydrogen-bond acceptors (Lipinski definition) is 2. The van der Waals surface area contributed by atoms with Gasteiger partial charge in [0.15, 0.2) is 0 Å². The molecule has 1 N–H and O–H groups in total. The fraction of sp³-hybridized carbons (Fsp3) is 0.556. The number of nitriles is 1. The lowest BCUT2D eigenvalue weighted by atomic mass is 9.67. The van der Waals surface area contributed by atoms with Crippen LogP contribution in [0.2, 0.25) is 0 Å². The molecule has 2 aliphatic rings. The maximum absolute atomic E-state index is 9.21. The number of hydrogen-bond donors (Lipinski definition) is 1. The van der Waals surface area contributed by atoms with Crippen LogP contribution in [0.15, 0.2) is 18.2 Å². The molecule has 0 bridgehead atoms. The van der Waals surface area contributed by atoms with E-state index in [0.29, 0.717) is 11.5 Å². The number of fused-ring (bicyclic) bond motifs is 2. The Morgan fingerprint density at radius 1 is 1.10 bits per heavy atom. The molecule has 1 aromatic heterocycles. The van der Waals surface area contributed by atoms with Crippen molar-refractivity contribution < 1.29 is 0 Å². The van der Waals surface area contributed by atoms with Gasteiger partial charge in [-0.15, -0.1) is 0 Å². The van der Waals surface area contributed by atoms with Gasteiger partial charge in [0, 0.05) is 5.92 Å². The lowest BCUT2D eigenvalue weighted by Gasteiger charge is -2.38. The molecule has 3 unspecified atom stereocenters. The number of H-pyrrole nitrogens is 1. The van der Waals surface area contributed by atoms with Crippen LogP contribution in [0.25, 0.3) is 11.0 Å². The molecule has 2 aromatic rings. The van der Waals surface area contributed by atoms with Crippen LogP contribution < -0.4 is 0 Å². The Morgan fingerprint density at radius 2 is 1.95 bits per heavy atom. The normalized spacial score (nSPS) is 29.0. The molecule has 1 heterocycles. The van der Waals surface area contributed by atoms with E-state index in [1.165, 1.54) is 44.9 Å².